The number of carbonyl (C=O) groups is 1. The van der Waals surface area contributed by atoms with E-state index in [1.165, 1.54) is 0 Å². The summed E-state index contributed by atoms with van der Waals surface area (Å²) in [5.74, 6) is 2.67. The molecule has 2 aliphatic heterocycles. The van der Waals surface area contributed by atoms with Crippen LogP contribution in [0.3, 0.4) is 0 Å². The standard InChI is InChI=1S/C13H17ClN4O2S/c14-10-7-15-13(16-8-10)18-1-4-20-11(9-18)12(19)17-2-5-21-6-3-17/h7-8,11H,1-6,9H2. The summed E-state index contributed by atoms with van der Waals surface area (Å²) in [6.07, 6.45) is 2.71. The normalized spacial score (nSPS) is 23.2. The molecule has 3 heterocycles. The fraction of sp³-hybridized carbons (Fsp3) is 0.615. The third-order valence-corrected chi connectivity index (χ3v) is 4.69. The lowest BCUT2D eigenvalue weighted by atomic mass is 10.2. The number of hydrogen-bond acceptors (Lipinski definition) is 6. The summed E-state index contributed by atoms with van der Waals surface area (Å²) in [6.45, 7) is 3.29. The van der Waals surface area contributed by atoms with Crippen molar-refractivity contribution in [1.29, 1.82) is 0 Å². The Morgan fingerprint density at radius 3 is 2.71 bits per heavy atom. The summed E-state index contributed by atoms with van der Waals surface area (Å²) in [7, 11) is 0. The van der Waals surface area contributed by atoms with Crippen molar-refractivity contribution in [2.75, 3.05) is 49.2 Å². The minimum absolute atomic E-state index is 0.0777. The number of ether oxygens (including phenoxy) is 1. The van der Waals surface area contributed by atoms with Gasteiger partial charge in [0.25, 0.3) is 5.91 Å². The minimum atomic E-state index is -0.430. The molecule has 114 valence electrons. The zero-order valence-electron chi connectivity index (χ0n) is 11.6. The van der Waals surface area contributed by atoms with Gasteiger partial charge in [-0.05, 0) is 0 Å². The number of thioether (sulfide) groups is 1. The molecule has 0 N–H and O–H groups in total. The second kappa shape index (κ2) is 6.81. The molecule has 8 heteroatoms. The Morgan fingerprint density at radius 2 is 2.00 bits per heavy atom. The first-order valence-corrected chi connectivity index (χ1v) is 8.48. The van der Waals surface area contributed by atoms with Crippen LogP contribution in [-0.2, 0) is 9.53 Å². The summed E-state index contributed by atoms with van der Waals surface area (Å²) in [5, 5.41) is 0.505. The maximum atomic E-state index is 12.5. The molecule has 0 aliphatic carbocycles. The van der Waals surface area contributed by atoms with Crippen molar-refractivity contribution in [3.8, 4) is 0 Å². The molecule has 21 heavy (non-hydrogen) atoms. The van der Waals surface area contributed by atoms with Crippen LogP contribution in [0.25, 0.3) is 0 Å². The molecule has 1 aromatic heterocycles. The predicted octanol–water partition coefficient (Wildman–Crippen LogP) is 0.911. The van der Waals surface area contributed by atoms with E-state index in [1.807, 2.05) is 21.6 Å². The molecule has 1 atom stereocenters. The Morgan fingerprint density at radius 1 is 1.29 bits per heavy atom. The second-order valence-corrected chi connectivity index (χ2v) is 6.61. The Kier molecular flexibility index (Phi) is 4.82. The number of halogens is 1. The Balaban J connectivity index is 1.64. The van der Waals surface area contributed by atoms with Crippen LogP contribution >= 0.6 is 23.4 Å². The zero-order chi connectivity index (χ0) is 14.7. The second-order valence-electron chi connectivity index (χ2n) is 4.94. The van der Waals surface area contributed by atoms with E-state index in [2.05, 4.69) is 9.97 Å². The highest BCUT2D eigenvalue weighted by Gasteiger charge is 2.31. The average Bonchev–Trinajstić information content (AvgIpc) is 2.56. The number of nitrogens with zero attached hydrogens (tertiary/aromatic N) is 4. The molecule has 6 nitrogen and oxygen atoms in total. The third kappa shape index (κ3) is 3.59. The predicted molar refractivity (Wildman–Crippen MR) is 82.9 cm³/mol. The van der Waals surface area contributed by atoms with E-state index in [-0.39, 0.29) is 5.91 Å². The van der Waals surface area contributed by atoms with E-state index in [0.717, 1.165) is 24.6 Å². The number of anilines is 1. The molecule has 3 rings (SSSR count). The molecule has 1 amide bonds. The number of morpholine rings is 1. The summed E-state index contributed by atoms with van der Waals surface area (Å²) in [5.41, 5.74) is 0. The number of hydrogen-bond donors (Lipinski definition) is 0. The number of amides is 1. The van der Waals surface area contributed by atoms with Gasteiger partial charge < -0.3 is 14.5 Å². The lowest BCUT2D eigenvalue weighted by molar-refractivity contribution is -0.144. The lowest BCUT2D eigenvalue weighted by Crippen LogP contribution is -2.53. The smallest absolute Gasteiger partial charge is 0.253 e. The van der Waals surface area contributed by atoms with Crippen molar-refractivity contribution in [3.63, 3.8) is 0 Å². The molecule has 2 aliphatic rings. The van der Waals surface area contributed by atoms with Gasteiger partial charge >= 0.3 is 0 Å². The highest BCUT2D eigenvalue weighted by molar-refractivity contribution is 7.99. The van der Waals surface area contributed by atoms with E-state index in [0.29, 0.717) is 30.7 Å². The van der Waals surface area contributed by atoms with E-state index in [1.54, 1.807) is 12.4 Å². The average molecular weight is 329 g/mol. The highest BCUT2D eigenvalue weighted by atomic mass is 35.5. The van der Waals surface area contributed by atoms with Gasteiger partial charge in [0.1, 0.15) is 0 Å². The molecule has 1 unspecified atom stereocenters. The molecule has 0 saturated carbocycles. The summed E-state index contributed by atoms with van der Waals surface area (Å²) in [6, 6.07) is 0. The van der Waals surface area contributed by atoms with Crippen LogP contribution < -0.4 is 4.90 Å². The van der Waals surface area contributed by atoms with Gasteiger partial charge in [-0.25, -0.2) is 9.97 Å². The van der Waals surface area contributed by atoms with Gasteiger partial charge in [0.2, 0.25) is 5.95 Å². The zero-order valence-corrected chi connectivity index (χ0v) is 13.1. The van der Waals surface area contributed by atoms with Gasteiger partial charge in [0.15, 0.2) is 6.10 Å². The van der Waals surface area contributed by atoms with Crippen LogP contribution in [0.15, 0.2) is 12.4 Å². The largest absolute Gasteiger partial charge is 0.365 e. The maximum absolute atomic E-state index is 12.5. The summed E-state index contributed by atoms with van der Waals surface area (Å²) >= 11 is 7.68. The quantitative estimate of drug-likeness (QED) is 0.804. The molecule has 2 saturated heterocycles. The van der Waals surface area contributed by atoms with E-state index in [9.17, 15) is 4.79 Å². The third-order valence-electron chi connectivity index (χ3n) is 3.55. The number of aromatic nitrogens is 2. The molecule has 0 radical (unpaired) electrons. The van der Waals surface area contributed by atoms with E-state index >= 15 is 0 Å². The van der Waals surface area contributed by atoms with Crippen LogP contribution in [0.1, 0.15) is 0 Å². The van der Waals surface area contributed by atoms with Crippen LogP contribution in [0, 0.1) is 0 Å². The lowest BCUT2D eigenvalue weighted by Gasteiger charge is -2.36. The molecule has 2 fully saturated rings. The van der Waals surface area contributed by atoms with E-state index < -0.39 is 6.10 Å². The van der Waals surface area contributed by atoms with Gasteiger partial charge in [-0.15, -0.1) is 0 Å². The molecule has 0 bridgehead atoms. The van der Waals surface area contributed by atoms with Gasteiger partial charge in [-0.2, -0.15) is 11.8 Å². The Labute approximate surface area is 132 Å². The summed E-state index contributed by atoms with van der Waals surface area (Å²) in [4.78, 5) is 24.8. The Hall–Kier alpha value is -1.05. The fourth-order valence-electron chi connectivity index (χ4n) is 2.44. The topological polar surface area (TPSA) is 58.6 Å². The first kappa shape index (κ1) is 14.9. The molecule has 0 aromatic carbocycles. The first-order valence-electron chi connectivity index (χ1n) is 6.94. The fourth-order valence-corrected chi connectivity index (χ4v) is 3.44. The first-order chi connectivity index (χ1) is 10.2. The Bertz CT molecular complexity index is 495. The van der Waals surface area contributed by atoms with Crippen molar-refractivity contribution in [1.82, 2.24) is 14.9 Å². The number of carbonyl (C=O) groups excluding carboxylic acids is 1. The van der Waals surface area contributed by atoms with E-state index in [4.69, 9.17) is 16.3 Å². The maximum Gasteiger partial charge on any atom is 0.253 e. The van der Waals surface area contributed by atoms with Gasteiger partial charge in [0, 0.05) is 31.1 Å². The number of rotatable bonds is 2. The van der Waals surface area contributed by atoms with Gasteiger partial charge in [-0.3, -0.25) is 4.79 Å². The van der Waals surface area contributed by atoms with Crippen molar-refractivity contribution in [2.24, 2.45) is 0 Å². The molecular formula is C13H17ClN4O2S. The SMILES string of the molecule is O=C(C1CN(c2ncc(Cl)cn2)CCO1)N1CCSCC1. The molecule has 0 spiro atoms. The van der Waals surface area contributed by atoms with Crippen molar-refractivity contribution in [2.45, 2.75) is 6.10 Å². The van der Waals surface area contributed by atoms with Crippen molar-refractivity contribution < 1.29 is 9.53 Å². The molecule has 1 aromatic rings. The summed E-state index contributed by atoms with van der Waals surface area (Å²) < 4.78 is 5.65. The molecular weight excluding hydrogens is 312 g/mol. The van der Waals surface area contributed by atoms with Crippen molar-refractivity contribution in [3.05, 3.63) is 17.4 Å². The van der Waals surface area contributed by atoms with Crippen molar-refractivity contribution >= 4 is 35.2 Å². The highest BCUT2D eigenvalue weighted by Crippen LogP contribution is 2.17. The van der Waals surface area contributed by atoms with Gasteiger partial charge in [-0.1, -0.05) is 11.6 Å². The van der Waals surface area contributed by atoms with Crippen LogP contribution in [0.2, 0.25) is 5.02 Å². The minimum Gasteiger partial charge on any atom is -0.365 e. The van der Waals surface area contributed by atoms with Crippen LogP contribution in [0.4, 0.5) is 5.95 Å². The monoisotopic (exact) mass is 328 g/mol. The van der Waals surface area contributed by atoms with Gasteiger partial charge in [0.05, 0.1) is 30.6 Å². The van der Waals surface area contributed by atoms with Crippen LogP contribution in [-0.4, -0.2) is 71.2 Å². The van der Waals surface area contributed by atoms with Crippen LogP contribution in [0.5, 0.6) is 0 Å².